The molecule has 0 unspecified atom stereocenters. The van der Waals surface area contributed by atoms with Gasteiger partial charge in [0.25, 0.3) is 5.22 Å². The van der Waals surface area contributed by atoms with Crippen LogP contribution in [0.4, 0.5) is 0 Å². The SMILES string of the molecule is Cc1ccccc1-c1nnc(Sc2cc(C#N)c3cc(Cl)ccc3n2)o1. The molecule has 0 saturated carbocycles. The maximum absolute atomic E-state index is 9.42. The third-order valence-electron chi connectivity index (χ3n) is 3.84. The summed E-state index contributed by atoms with van der Waals surface area (Å²) < 4.78 is 5.76. The number of fused-ring (bicyclic) bond motifs is 1. The summed E-state index contributed by atoms with van der Waals surface area (Å²) in [4.78, 5) is 4.55. The van der Waals surface area contributed by atoms with Crippen molar-refractivity contribution >= 4 is 34.3 Å². The van der Waals surface area contributed by atoms with Crippen LogP contribution in [0, 0.1) is 18.3 Å². The monoisotopic (exact) mass is 378 g/mol. The number of nitriles is 1. The maximum atomic E-state index is 9.42. The van der Waals surface area contributed by atoms with Gasteiger partial charge in [0.05, 0.1) is 17.1 Å². The van der Waals surface area contributed by atoms with Gasteiger partial charge in [-0.15, -0.1) is 10.2 Å². The Morgan fingerprint density at radius 1 is 1.12 bits per heavy atom. The van der Waals surface area contributed by atoms with Gasteiger partial charge in [0.2, 0.25) is 5.89 Å². The van der Waals surface area contributed by atoms with Crippen molar-refractivity contribution in [1.82, 2.24) is 15.2 Å². The standard InChI is InChI=1S/C19H11ClN4OS/c1-11-4-2-3-5-14(11)18-23-24-19(25-18)26-17-8-12(10-21)15-9-13(20)6-7-16(15)22-17/h2-9H,1H3. The molecule has 2 heterocycles. The normalized spacial score (nSPS) is 10.8. The van der Waals surface area contributed by atoms with Gasteiger partial charge < -0.3 is 4.42 Å². The van der Waals surface area contributed by atoms with E-state index in [1.165, 1.54) is 11.8 Å². The Morgan fingerprint density at radius 3 is 2.77 bits per heavy atom. The van der Waals surface area contributed by atoms with Crippen LogP contribution in [0.15, 0.2) is 63.2 Å². The first-order valence-corrected chi connectivity index (χ1v) is 8.91. The summed E-state index contributed by atoms with van der Waals surface area (Å²) >= 11 is 7.24. The largest absolute Gasteiger partial charge is 0.411 e. The lowest BCUT2D eigenvalue weighted by atomic mass is 10.1. The van der Waals surface area contributed by atoms with E-state index in [2.05, 4.69) is 21.3 Å². The van der Waals surface area contributed by atoms with Crippen molar-refractivity contribution in [2.24, 2.45) is 0 Å². The van der Waals surface area contributed by atoms with E-state index >= 15 is 0 Å². The summed E-state index contributed by atoms with van der Waals surface area (Å²) in [6.45, 7) is 1.99. The Kier molecular flexibility index (Phi) is 4.33. The molecule has 4 aromatic rings. The zero-order valence-corrected chi connectivity index (χ0v) is 15.2. The van der Waals surface area contributed by atoms with Gasteiger partial charge in [0, 0.05) is 16.0 Å². The molecule has 0 bridgehead atoms. The second-order valence-electron chi connectivity index (χ2n) is 5.57. The third-order valence-corrected chi connectivity index (χ3v) is 4.83. The van der Waals surface area contributed by atoms with Crippen molar-refractivity contribution in [2.75, 3.05) is 0 Å². The molecule has 0 atom stereocenters. The minimum Gasteiger partial charge on any atom is -0.411 e. The number of pyridine rings is 1. The number of halogens is 1. The number of hydrogen-bond donors (Lipinski definition) is 0. The molecule has 26 heavy (non-hydrogen) atoms. The maximum Gasteiger partial charge on any atom is 0.283 e. The number of rotatable bonds is 3. The van der Waals surface area contributed by atoms with Crippen LogP contribution in [0.1, 0.15) is 11.1 Å². The third kappa shape index (κ3) is 3.15. The molecular weight excluding hydrogens is 368 g/mol. The van der Waals surface area contributed by atoms with Gasteiger partial charge in [-0.1, -0.05) is 29.8 Å². The second kappa shape index (κ2) is 6.79. The van der Waals surface area contributed by atoms with Crippen molar-refractivity contribution in [2.45, 2.75) is 17.2 Å². The van der Waals surface area contributed by atoms with Gasteiger partial charge in [-0.2, -0.15) is 5.26 Å². The summed E-state index contributed by atoms with van der Waals surface area (Å²) in [7, 11) is 0. The van der Waals surface area contributed by atoms with Crippen LogP contribution < -0.4 is 0 Å². The van der Waals surface area contributed by atoms with Crippen molar-refractivity contribution in [3.8, 4) is 17.5 Å². The Hall–Kier alpha value is -2.88. The van der Waals surface area contributed by atoms with E-state index in [1.54, 1.807) is 24.3 Å². The predicted molar refractivity (Wildman–Crippen MR) is 100 cm³/mol. The van der Waals surface area contributed by atoms with E-state index < -0.39 is 0 Å². The lowest BCUT2D eigenvalue weighted by Gasteiger charge is -2.03. The van der Waals surface area contributed by atoms with Crippen LogP contribution >= 0.6 is 23.4 Å². The van der Waals surface area contributed by atoms with Crippen LogP contribution in [-0.4, -0.2) is 15.2 Å². The molecule has 126 valence electrons. The molecule has 4 rings (SSSR count). The van der Waals surface area contributed by atoms with Gasteiger partial charge in [-0.05, 0) is 54.6 Å². The topological polar surface area (TPSA) is 75.6 Å². The van der Waals surface area contributed by atoms with Crippen LogP contribution in [0.2, 0.25) is 5.02 Å². The lowest BCUT2D eigenvalue weighted by molar-refractivity contribution is 0.465. The smallest absolute Gasteiger partial charge is 0.283 e. The number of nitrogens with zero attached hydrogens (tertiary/aromatic N) is 4. The number of hydrogen-bond acceptors (Lipinski definition) is 6. The summed E-state index contributed by atoms with van der Waals surface area (Å²) in [5.74, 6) is 0.457. The number of aromatic nitrogens is 3. The molecule has 0 spiro atoms. The van der Waals surface area contributed by atoms with Gasteiger partial charge in [-0.3, -0.25) is 0 Å². The van der Waals surface area contributed by atoms with Gasteiger partial charge in [-0.25, -0.2) is 4.98 Å². The Balaban J connectivity index is 1.69. The molecule has 0 saturated heterocycles. The van der Waals surface area contributed by atoms with Crippen LogP contribution in [0.3, 0.4) is 0 Å². The molecule has 7 heteroatoms. The number of benzene rings is 2. The van der Waals surface area contributed by atoms with Crippen molar-refractivity contribution in [1.29, 1.82) is 5.26 Å². The van der Waals surface area contributed by atoms with E-state index in [0.29, 0.717) is 32.2 Å². The fraction of sp³-hybridized carbons (Fsp3) is 0.0526. The Labute approximate surface area is 158 Å². The highest BCUT2D eigenvalue weighted by Gasteiger charge is 2.14. The van der Waals surface area contributed by atoms with Gasteiger partial charge in [0.1, 0.15) is 5.03 Å². The molecule has 0 aliphatic rings. The molecule has 0 radical (unpaired) electrons. The highest BCUT2D eigenvalue weighted by molar-refractivity contribution is 7.99. The first kappa shape index (κ1) is 16.6. The fourth-order valence-electron chi connectivity index (χ4n) is 2.58. The van der Waals surface area contributed by atoms with E-state index in [9.17, 15) is 5.26 Å². The molecule has 0 aliphatic carbocycles. The average molecular weight is 379 g/mol. The molecule has 2 aromatic carbocycles. The van der Waals surface area contributed by atoms with E-state index in [4.69, 9.17) is 16.0 Å². The first-order valence-electron chi connectivity index (χ1n) is 7.72. The molecule has 5 nitrogen and oxygen atoms in total. The van der Waals surface area contributed by atoms with Crippen molar-refractivity contribution < 1.29 is 4.42 Å². The minimum atomic E-state index is 0.368. The van der Waals surface area contributed by atoms with E-state index in [0.717, 1.165) is 16.5 Å². The zero-order valence-electron chi connectivity index (χ0n) is 13.6. The summed E-state index contributed by atoms with van der Waals surface area (Å²) in [6.07, 6.45) is 0. The Morgan fingerprint density at radius 2 is 1.96 bits per heavy atom. The van der Waals surface area contributed by atoms with Crippen LogP contribution in [0.5, 0.6) is 0 Å². The quantitative estimate of drug-likeness (QED) is 0.483. The van der Waals surface area contributed by atoms with E-state index in [-0.39, 0.29) is 0 Å². The molecule has 2 aromatic heterocycles. The van der Waals surface area contributed by atoms with Gasteiger partial charge >= 0.3 is 0 Å². The van der Waals surface area contributed by atoms with Crippen LogP contribution in [-0.2, 0) is 0 Å². The minimum absolute atomic E-state index is 0.368. The zero-order chi connectivity index (χ0) is 18.1. The lowest BCUT2D eigenvalue weighted by Crippen LogP contribution is -1.88. The summed E-state index contributed by atoms with van der Waals surface area (Å²) in [6, 6.07) is 17.0. The molecule has 0 fully saturated rings. The highest BCUT2D eigenvalue weighted by atomic mass is 35.5. The molecule has 0 N–H and O–H groups in total. The molecular formula is C19H11ClN4OS. The van der Waals surface area contributed by atoms with Crippen molar-refractivity contribution in [3.05, 3.63) is 64.7 Å². The number of aryl methyl sites for hydroxylation is 1. The summed E-state index contributed by atoms with van der Waals surface area (Å²) in [5, 5.41) is 19.9. The van der Waals surface area contributed by atoms with Gasteiger partial charge in [0.15, 0.2) is 0 Å². The average Bonchev–Trinajstić information content (AvgIpc) is 3.10. The Bertz CT molecular complexity index is 1170. The fourth-order valence-corrected chi connectivity index (χ4v) is 3.45. The molecule has 0 amide bonds. The van der Waals surface area contributed by atoms with Crippen LogP contribution in [0.25, 0.3) is 22.4 Å². The predicted octanol–water partition coefficient (Wildman–Crippen LogP) is 5.27. The molecule has 0 aliphatic heterocycles. The highest BCUT2D eigenvalue weighted by Crippen LogP contribution is 2.32. The summed E-state index contributed by atoms with van der Waals surface area (Å²) in [5.41, 5.74) is 3.14. The van der Waals surface area contributed by atoms with E-state index in [1.807, 2.05) is 31.2 Å². The van der Waals surface area contributed by atoms with Crippen molar-refractivity contribution in [3.63, 3.8) is 0 Å². The first-order chi connectivity index (χ1) is 12.6. The second-order valence-corrected chi connectivity index (χ2v) is 6.98.